The minimum absolute atomic E-state index is 0.0719. The molecule has 0 radical (unpaired) electrons. The maximum atomic E-state index is 9.63. The Hall–Kier alpha value is -1.06. The van der Waals surface area contributed by atoms with E-state index in [4.69, 9.17) is 4.74 Å². The average Bonchev–Trinajstić information content (AvgIpc) is 2.65. The molecule has 3 atom stereocenters. The van der Waals surface area contributed by atoms with Crippen LogP contribution in [0.4, 0.5) is 0 Å². The molecule has 0 heterocycles. The highest BCUT2D eigenvalue weighted by Gasteiger charge is 2.26. The lowest BCUT2D eigenvalue weighted by Crippen LogP contribution is -2.25. The Kier molecular flexibility index (Phi) is 3.46. The van der Waals surface area contributed by atoms with Gasteiger partial charge in [0.15, 0.2) is 0 Å². The van der Waals surface area contributed by atoms with Gasteiger partial charge >= 0.3 is 0 Å². The van der Waals surface area contributed by atoms with E-state index in [0.29, 0.717) is 0 Å². The van der Waals surface area contributed by atoms with Gasteiger partial charge in [-0.05, 0) is 43.9 Å². The second-order valence-electron chi connectivity index (χ2n) is 4.40. The van der Waals surface area contributed by atoms with Gasteiger partial charge in [-0.25, -0.2) is 0 Å². The first-order chi connectivity index (χ1) is 7.66. The van der Waals surface area contributed by atoms with Crippen LogP contribution in [0.3, 0.4) is 0 Å². The van der Waals surface area contributed by atoms with Crippen molar-refractivity contribution in [2.24, 2.45) is 0 Å². The molecule has 0 aromatic heterocycles. The number of hydrogen-bond donors (Lipinski definition) is 2. The molecule has 1 fully saturated rings. The molecule has 1 saturated carbocycles. The quantitative estimate of drug-likeness (QED) is 0.822. The molecule has 0 bridgehead atoms. The van der Waals surface area contributed by atoms with Crippen molar-refractivity contribution >= 4 is 0 Å². The van der Waals surface area contributed by atoms with E-state index in [2.05, 4.69) is 0 Å². The molecule has 16 heavy (non-hydrogen) atoms. The normalized spacial score (nSPS) is 26.7. The number of aliphatic hydroxyl groups excluding tert-OH is 2. The topological polar surface area (TPSA) is 49.7 Å². The van der Waals surface area contributed by atoms with Crippen LogP contribution in [0, 0.1) is 0 Å². The number of aliphatic hydroxyl groups is 2. The summed E-state index contributed by atoms with van der Waals surface area (Å²) in [6.07, 6.45) is 1.91. The van der Waals surface area contributed by atoms with Crippen LogP contribution < -0.4 is 4.74 Å². The Balaban J connectivity index is 1.99. The summed E-state index contributed by atoms with van der Waals surface area (Å²) >= 11 is 0. The summed E-state index contributed by atoms with van der Waals surface area (Å²) in [4.78, 5) is 0. The largest absolute Gasteiger partial charge is 0.488 e. The van der Waals surface area contributed by atoms with Crippen molar-refractivity contribution in [1.29, 1.82) is 0 Å². The Labute approximate surface area is 95.7 Å². The SMILES string of the molecule is CC(O)c1ccc(OC2CCCC2O)cc1. The third kappa shape index (κ3) is 2.54. The van der Waals surface area contributed by atoms with Crippen molar-refractivity contribution < 1.29 is 14.9 Å². The molecule has 3 unspecified atom stereocenters. The molecule has 1 aliphatic carbocycles. The second-order valence-corrected chi connectivity index (χ2v) is 4.40. The molecule has 2 N–H and O–H groups in total. The van der Waals surface area contributed by atoms with Crippen LogP contribution in [-0.2, 0) is 0 Å². The van der Waals surface area contributed by atoms with Gasteiger partial charge in [-0.15, -0.1) is 0 Å². The first-order valence-electron chi connectivity index (χ1n) is 5.79. The van der Waals surface area contributed by atoms with Crippen molar-refractivity contribution in [3.63, 3.8) is 0 Å². The van der Waals surface area contributed by atoms with E-state index in [-0.39, 0.29) is 12.2 Å². The molecule has 0 aliphatic heterocycles. The van der Waals surface area contributed by atoms with E-state index in [0.717, 1.165) is 30.6 Å². The lowest BCUT2D eigenvalue weighted by Gasteiger charge is -2.17. The highest BCUT2D eigenvalue weighted by molar-refractivity contribution is 5.28. The van der Waals surface area contributed by atoms with Crippen LogP contribution in [0.5, 0.6) is 5.75 Å². The third-order valence-corrected chi connectivity index (χ3v) is 3.07. The minimum atomic E-state index is -0.453. The summed E-state index contributed by atoms with van der Waals surface area (Å²) in [5.41, 5.74) is 0.874. The maximum absolute atomic E-state index is 9.63. The van der Waals surface area contributed by atoms with Crippen LogP contribution in [0.1, 0.15) is 37.9 Å². The van der Waals surface area contributed by atoms with E-state index < -0.39 is 6.10 Å². The average molecular weight is 222 g/mol. The van der Waals surface area contributed by atoms with E-state index in [1.807, 2.05) is 24.3 Å². The van der Waals surface area contributed by atoms with E-state index in [9.17, 15) is 10.2 Å². The molecule has 0 saturated heterocycles. The zero-order valence-corrected chi connectivity index (χ0v) is 9.47. The number of benzene rings is 1. The summed E-state index contributed by atoms with van der Waals surface area (Å²) in [6.45, 7) is 1.73. The van der Waals surface area contributed by atoms with E-state index in [1.165, 1.54) is 0 Å². The van der Waals surface area contributed by atoms with Gasteiger partial charge in [0.05, 0.1) is 12.2 Å². The van der Waals surface area contributed by atoms with Gasteiger partial charge in [-0.2, -0.15) is 0 Å². The molecule has 1 aliphatic rings. The Morgan fingerprint density at radius 3 is 2.44 bits per heavy atom. The smallest absolute Gasteiger partial charge is 0.124 e. The van der Waals surface area contributed by atoms with Gasteiger partial charge in [-0.3, -0.25) is 0 Å². The standard InChI is InChI=1S/C13H18O3/c1-9(14)10-5-7-11(8-6-10)16-13-4-2-3-12(13)15/h5-9,12-15H,2-4H2,1H3. The molecular weight excluding hydrogens is 204 g/mol. The molecule has 0 amide bonds. The van der Waals surface area contributed by atoms with Gasteiger partial charge in [0, 0.05) is 0 Å². The fraction of sp³-hybridized carbons (Fsp3) is 0.538. The molecule has 3 nitrogen and oxygen atoms in total. The zero-order chi connectivity index (χ0) is 11.5. The summed E-state index contributed by atoms with van der Waals surface area (Å²) in [5.74, 6) is 0.760. The molecule has 2 rings (SSSR count). The van der Waals surface area contributed by atoms with Crippen molar-refractivity contribution in [3.8, 4) is 5.75 Å². The van der Waals surface area contributed by atoms with E-state index in [1.54, 1.807) is 6.92 Å². The molecule has 1 aromatic rings. The molecule has 3 heteroatoms. The van der Waals surface area contributed by atoms with Crippen LogP contribution in [0.15, 0.2) is 24.3 Å². The fourth-order valence-electron chi connectivity index (χ4n) is 2.04. The molecule has 0 spiro atoms. The summed E-state index contributed by atoms with van der Waals surface area (Å²) in [7, 11) is 0. The monoisotopic (exact) mass is 222 g/mol. The van der Waals surface area contributed by atoms with Gasteiger partial charge in [-0.1, -0.05) is 12.1 Å². The van der Waals surface area contributed by atoms with Crippen molar-refractivity contribution in [1.82, 2.24) is 0 Å². The van der Waals surface area contributed by atoms with Gasteiger partial charge in [0.25, 0.3) is 0 Å². The van der Waals surface area contributed by atoms with Gasteiger partial charge in [0.2, 0.25) is 0 Å². The van der Waals surface area contributed by atoms with Crippen molar-refractivity contribution in [3.05, 3.63) is 29.8 Å². The van der Waals surface area contributed by atoms with Crippen LogP contribution in [-0.4, -0.2) is 22.4 Å². The molecule has 1 aromatic carbocycles. The highest BCUT2D eigenvalue weighted by atomic mass is 16.5. The number of ether oxygens (including phenoxy) is 1. The Morgan fingerprint density at radius 1 is 1.25 bits per heavy atom. The second kappa shape index (κ2) is 4.85. The van der Waals surface area contributed by atoms with E-state index >= 15 is 0 Å². The predicted octanol–water partition coefficient (Wildman–Crippen LogP) is 2.03. The predicted molar refractivity (Wildman–Crippen MR) is 61.3 cm³/mol. The Bertz CT molecular complexity index is 332. The lowest BCUT2D eigenvalue weighted by atomic mass is 10.1. The summed E-state index contributed by atoms with van der Waals surface area (Å²) in [5, 5.41) is 19.0. The fourth-order valence-corrected chi connectivity index (χ4v) is 2.04. The first-order valence-corrected chi connectivity index (χ1v) is 5.79. The summed E-state index contributed by atoms with van der Waals surface area (Å²) in [6, 6.07) is 7.38. The number of hydrogen-bond acceptors (Lipinski definition) is 3. The van der Waals surface area contributed by atoms with Crippen molar-refractivity contribution in [2.45, 2.75) is 44.5 Å². The lowest BCUT2D eigenvalue weighted by molar-refractivity contribution is 0.0603. The summed E-state index contributed by atoms with van der Waals surface area (Å²) < 4.78 is 5.69. The van der Waals surface area contributed by atoms with Crippen LogP contribution in [0.2, 0.25) is 0 Å². The first kappa shape index (κ1) is 11.4. The van der Waals surface area contributed by atoms with Crippen molar-refractivity contribution in [2.75, 3.05) is 0 Å². The highest BCUT2D eigenvalue weighted by Crippen LogP contribution is 2.25. The third-order valence-electron chi connectivity index (χ3n) is 3.07. The Morgan fingerprint density at radius 2 is 1.94 bits per heavy atom. The van der Waals surface area contributed by atoms with Crippen LogP contribution >= 0.6 is 0 Å². The minimum Gasteiger partial charge on any atom is -0.488 e. The zero-order valence-electron chi connectivity index (χ0n) is 9.47. The van der Waals surface area contributed by atoms with Crippen LogP contribution in [0.25, 0.3) is 0 Å². The molecular formula is C13H18O3. The van der Waals surface area contributed by atoms with Gasteiger partial charge < -0.3 is 14.9 Å². The van der Waals surface area contributed by atoms with Gasteiger partial charge in [0.1, 0.15) is 11.9 Å². The molecule has 88 valence electrons. The maximum Gasteiger partial charge on any atom is 0.124 e. The number of rotatable bonds is 3.